The fourth-order valence-corrected chi connectivity index (χ4v) is 2.39. The number of benzene rings is 2. The molecule has 2 rings (SSSR count). The Morgan fingerprint density at radius 3 is 2.52 bits per heavy atom. The molecule has 0 heterocycles. The Labute approximate surface area is 147 Å². The predicted octanol–water partition coefficient (Wildman–Crippen LogP) is 4.98. The van der Waals surface area contributed by atoms with Crippen LogP contribution in [0.5, 0.6) is 0 Å². The van der Waals surface area contributed by atoms with E-state index in [-0.39, 0.29) is 0 Å². The van der Waals surface area contributed by atoms with E-state index in [0.29, 0.717) is 10.1 Å². The summed E-state index contributed by atoms with van der Waals surface area (Å²) in [6, 6.07) is 11.9. The summed E-state index contributed by atoms with van der Waals surface area (Å²) < 4.78 is 0. The molecule has 0 aliphatic heterocycles. The second kappa shape index (κ2) is 7.57. The van der Waals surface area contributed by atoms with E-state index >= 15 is 0 Å². The van der Waals surface area contributed by atoms with Crippen molar-refractivity contribution in [2.45, 2.75) is 27.7 Å². The van der Waals surface area contributed by atoms with Crippen LogP contribution < -0.4 is 10.7 Å². The first kappa shape index (κ1) is 17.4. The van der Waals surface area contributed by atoms with Crippen molar-refractivity contribution in [2.75, 3.05) is 5.32 Å². The summed E-state index contributed by atoms with van der Waals surface area (Å²) in [4.78, 5) is 0. The number of hydrogen-bond acceptors (Lipinski definition) is 2. The van der Waals surface area contributed by atoms with Crippen LogP contribution in [0.1, 0.15) is 29.2 Å². The number of nitrogens with one attached hydrogen (secondary N) is 2. The Hall–Kier alpha value is -1.91. The summed E-state index contributed by atoms with van der Waals surface area (Å²) in [5.41, 5.74) is 9.15. The number of hydrazone groups is 1. The molecule has 3 nitrogen and oxygen atoms in total. The van der Waals surface area contributed by atoms with Crippen LogP contribution in [0.15, 0.2) is 41.5 Å². The first-order chi connectivity index (χ1) is 10.9. The second-order valence-electron chi connectivity index (χ2n) is 5.47. The van der Waals surface area contributed by atoms with Crippen molar-refractivity contribution in [3.63, 3.8) is 0 Å². The Balaban J connectivity index is 2.05. The van der Waals surface area contributed by atoms with Gasteiger partial charge in [0.25, 0.3) is 0 Å². The number of aryl methyl sites for hydroxylation is 2. The Kier molecular flexibility index (Phi) is 5.74. The number of rotatable bonds is 3. The van der Waals surface area contributed by atoms with E-state index in [4.69, 9.17) is 23.8 Å². The van der Waals surface area contributed by atoms with Crippen LogP contribution in [0, 0.1) is 20.8 Å². The molecule has 0 bridgehead atoms. The van der Waals surface area contributed by atoms with Gasteiger partial charge in [0.05, 0.1) is 5.71 Å². The van der Waals surface area contributed by atoms with E-state index in [1.165, 1.54) is 11.1 Å². The number of nitrogens with zero attached hydrogens (tertiary/aromatic N) is 1. The van der Waals surface area contributed by atoms with Gasteiger partial charge in [-0.15, -0.1) is 0 Å². The highest BCUT2D eigenvalue weighted by molar-refractivity contribution is 7.80. The van der Waals surface area contributed by atoms with E-state index in [0.717, 1.165) is 22.5 Å². The fourth-order valence-electron chi connectivity index (χ4n) is 2.06. The molecule has 0 aromatic heterocycles. The third-order valence-corrected chi connectivity index (χ3v) is 4.37. The van der Waals surface area contributed by atoms with Gasteiger partial charge in [-0.25, -0.2) is 0 Å². The van der Waals surface area contributed by atoms with Crippen LogP contribution in [-0.4, -0.2) is 10.8 Å². The molecule has 0 fully saturated rings. The standard InChI is InChI=1S/C18H20ClN3S/c1-11-8-9-15(10-12(11)2)14(4)21-22-18(23)20-17-7-5-6-16(19)13(17)3/h5-10H,1-4H3,(H2,20,22,23)/b21-14-. The molecule has 0 radical (unpaired) electrons. The van der Waals surface area contributed by atoms with Gasteiger partial charge in [-0.2, -0.15) is 5.10 Å². The molecule has 2 aromatic carbocycles. The van der Waals surface area contributed by atoms with Gasteiger partial charge in [0, 0.05) is 10.7 Å². The van der Waals surface area contributed by atoms with E-state index in [1.54, 1.807) is 0 Å². The van der Waals surface area contributed by atoms with Gasteiger partial charge in [0.15, 0.2) is 5.11 Å². The largest absolute Gasteiger partial charge is 0.331 e. The van der Waals surface area contributed by atoms with E-state index in [2.05, 4.69) is 47.9 Å². The lowest BCUT2D eigenvalue weighted by molar-refractivity contribution is 1.04. The van der Waals surface area contributed by atoms with Gasteiger partial charge in [0.1, 0.15) is 0 Å². The van der Waals surface area contributed by atoms with Crippen molar-refractivity contribution in [2.24, 2.45) is 5.10 Å². The molecule has 0 spiro atoms. The van der Waals surface area contributed by atoms with Gasteiger partial charge in [-0.05, 0) is 80.4 Å². The maximum atomic E-state index is 6.10. The van der Waals surface area contributed by atoms with Crippen molar-refractivity contribution >= 4 is 40.3 Å². The molecular formula is C18H20ClN3S. The SMILES string of the molecule is C/C(=N/NC(=S)Nc1cccc(Cl)c1C)c1ccc(C)c(C)c1. The third kappa shape index (κ3) is 4.53. The van der Waals surface area contributed by atoms with Crippen LogP contribution in [0.2, 0.25) is 5.02 Å². The summed E-state index contributed by atoms with van der Waals surface area (Å²) in [7, 11) is 0. The Bertz CT molecular complexity index is 769. The average molecular weight is 346 g/mol. The van der Waals surface area contributed by atoms with Crippen molar-refractivity contribution in [1.29, 1.82) is 0 Å². The first-order valence-electron chi connectivity index (χ1n) is 7.32. The van der Waals surface area contributed by atoms with E-state index in [1.807, 2.05) is 32.0 Å². The predicted molar refractivity (Wildman–Crippen MR) is 104 cm³/mol. The molecule has 0 aliphatic carbocycles. The third-order valence-electron chi connectivity index (χ3n) is 3.77. The smallest absolute Gasteiger partial charge is 0.191 e. The van der Waals surface area contributed by atoms with Gasteiger partial charge < -0.3 is 5.32 Å². The van der Waals surface area contributed by atoms with Crippen LogP contribution in [-0.2, 0) is 0 Å². The van der Waals surface area contributed by atoms with Gasteiger partial charge >= 0.3 is 0 Å². The maximum Gasteiger partial charge on any atom is 0.191 e. The van der Waals surface area contributed by atoms with E-state index < -0.39 is 0 Å². The summed E-state index contributed by atoms with van der Waals surface area (Å²) in [5, 5.41) is 8.58. The summed E-state index contributed by atoms with van der Waals surface area (Å²) in [6.45, 7) is 8.07. The summed E-state index contributed by atoms with van der Waals surface area (Å²) >= 11 is 11.4. The van der Waals surface area contributed by atoms with Gasteiger partial charge in [0.2, 0.25) is 0 Å². The summed E-state index contributed by atoms with van der Waals surface area (Å²) in [6.07, 6.45) is 0. The molecule has 0 aliphatic rings. The van der Waals surface area contributed by atoms with Crippen molar-refractivity contribution < 1.29 is 0 Å². The molecule has 2 N–H and O–H groups in total. The van der Waals surface area contributed by atoms with Crippen LogP contribution in [0.3, 0.4) is 0 Å². The van der Waals surface area contributed by atoms with Crippen molar-refractivity contribution in [1.82, 2.24) is 5.43 Å². The number of thiocarbonyl (C=S) groups is 1. The molecule has 120 valence electrons. The fraction of sp³-hybridized carbons (Fsp3) is 0.222. The molecule has 0 saturated carbocycles. The molecular weight excluding hydrogens is 326 g/mol. The monoisotopic (exact) mass is 345 g/mol. The van der Waals surface area contributed by atoms with Crippen molar-refractivity contribution in [3.8, 4) is 0 Å². The normalized spacial score (nSPS) is 11.3. The average Bonchev–Trinajstić information content (AvgIpc) is 2.52. The van der Waals surface area contributed by atoms with Crippen LogP contribution in [0.25, 0.3) is 0 Å². The lowest BCUT2D eigenvalue weighted by Gasteiger charge is -2.11. The minimum Gasteiger partial charge on any atom is -0.331 e. The zero-order chi connectivity index (χ0) is 17.0. The molecule has 5 heteroatoms. The minimum absolute atomic E-state index is 0.429. The lowest BCUT2D eigenvalue weighted by atomic mass is 10.0. The lowest BCUT2D eigenvalue weighted by Crippen LogP contribution is -2.25. The Morgan fingerprint density at radius 2 is 1.83 bits per heavy atom. The molecule has 0 unspecified atom stereocenters. The molecule has 0 amide bonds. The number of hydrogen-bond donors (Lipinski definition) is 2. The molecule has 2 aromatic rings. The second-order valence-corrected chi connectivity index (χ2v) is 6.29. The first-order valence-corrected chi connectivity index (χ1v) is 8.11. The zero-order valence-corrected chi connectivity index (χ0v) is 15.3. The summed E-state index contributed by atoms with van der Waals surface area (Å²) in [5.74, 6) is 0. The highest BCUT2D eigenvalue weighted by Gasteiger charge is 2.04. The molecule has 0 saturated heterocycles. The maximum absolute atomic E-state index is 6.10. The van der Waals surface area contributed by atoms with Crippen LogP contribution in [0.4, 0.5) is 5.69 Å². The van der Waals surface area contributed by atoms with Gasteiger partial charge in [-0.3, -0.25) is 5.43 Å². The quantitative estimate of drug-likeness (QED) is 0.468. The van der Waals surface area contributed by atoms with E-state index in [9.17, 15) is 0 Å². The number of anilines is 1. The molecule has 0 atom stereocenters. The highest BCUT2D eigenvalue weighted by Crippen LogP contribution is 2.22. The topological polar surface area (TPSA) is 36.4 Å². The molecule has 23 heavy (non-hydrogen) atoms. The zero-order valence-electron chi connectivity index (χ0n) is 13.7. The number of halogens is 1. The van der Waals surface area contributed by atoms with Crippen molar-refractivity contribution in [3.05, 3.63) is 63.7 Å². The van der Waals surface area contributed by atoms with Crippen LogP contribution >= 0.6 is 23.8 Å². The highest BCUT2D eigenvalue weighted by atomic mass is 35.5. The minimum atomic E-state index is 0.429. The van der Waals surface area contributed by atoms with Gasteiger partial charge in [-0.1, -0.05) is 29.8 Å². The Morgan fingerprint density at radius 1 is 1.09 bits per heavy atom.